The molecule has 1 heterocycles. The molecule has 1 aliphatic heterocycles. The molecule has 1 aromatic rings. The molecule has 0 aliphatic carbocycles. The van der Waals surface area contributed by atoms with E-state index in [1.165, 1.54) is 31.4 Å². The van der Waals surface area contributed by atoms with Crippen LogP contribution in [0.2, 0.25) is 0 Å². The maximum atomic E-state index is 14.2. The SMILES string of the molecule is CC1Oc2cccc(F)c2N(C)C(=O)C1NC(=O)C(C)(C)C(=O)NCC(F)(F)C(F)(F)F. The van der Waals surface area contributed by atoms with Gasteiger partial charge in [-0.05, 0) is 32.9 Å². The highest BCUT2D eigenvalue weighted by Crippen LogP contribution is 2.36. The second kappa shape index (κ2) is 8.51. The molecule has 3 amide bonds. The molecule has 2 N–H and O–H groups in total. The Hall–Kier alpha value is -2.99. The Morgan fingerprint density at radius 1 is 1.12 bits per heavy atom. The van der Waals surface area contributed by atoms with Crippen LogP contribution >= 0.6 is 0 Å². The van der Waals surface area contributed by atoms with Crippen LogP contribution in [-0.2, 0) is 14.4 Å². The zero-order chi connectivity index (χ0) is 24.6. The number of nitrogens with zero attached hydrogens (tertiary/aromatic N) is 1. The first-order chi connectivity index (χ1) is 14.5. The summed E-state index contributed by atoms with van der Waals surface area (Å²) in [5, 5.41) is 3.65. The first-order valence-corrected chi connectivity index (χ1v) is 9.27. The van der Waals surface area contributed by atoms with Crippen LogP contribution < -0.4 is 20.3 Å². The van der Waals surface area contributed by atoms with Gasteiger partial charge in [-0.25, -0.2) is 4.39 Å². The minimum atomic E-state index is -5.89. The number of benzene rings is 1. The summed E-state index contributed by atoms with van der Waals surface area (Å²) in [5.41, 5.74) is -2.31. The highest BCUT2D eigenvalue weighted by Gasteiger charge is 2.57. The Morgan fingerprint density at radius 3 is 2.28 bits per heavy atom. The topological polar surface area (TPSA) is 87.7 Å². The van der Waals surface area contributed by atoms with Crippen molar-refractivity contribution in [2.45, 2.75) is 45.0 Å². The van der Waals surface area contributed by atoms with Gasteiger partial charge in [0.1, 0.15) is 29.0 Å². The molecular formula is C19H21F6N3O4. The van der Waals surface area contributed by atoms with E-state index in [0.717, 1.165) is 24.8 Å². The molecule has 2 rings (SSSR count). The van der Waals surface area contributed by atoms with Crippen molar-refractivity contribution in [2.75, 3.05) is 18.5 Å². The molecule has 13 heteroatoms. The van der Waals surface area contributed by atoms with Gasteiger partial charge >= 0.3 is 12.1 Å². The molecule has 0 saturated heterocycles. The number of nitrogens with one attached hydrogen (secondary N) is 2. The lowest BCUT2D eigenvalue weighted by molar-refractivity contribution is -0.278. The van der Waals surface area contributed by atoms with Crippen molar-refractivity contribution >= 4 is 23.4 Å². The second-order valence-electron chi connectivity index (χ2n) is 7.77. The lowest BCUT2D eigenvalue weighted by Gasteiger charge is -2.29. The number of hydrogen-bond donors (Lipinski definition) is 2. The highest BCUT2D eigenvalue weighted by molar-refractivity contribution is 6.07. The third kappa shape index (κ3) is 4.75. The van der Waals surface area contributed by atoms with Gasteiger partial charge in [-0.3, -0.25) is 14.4 Å². The number of amides is 3. The van der Waals surface area contributed by atoms with E-state index in [-0.39, 0.29) is 11.4 Å². The molecule has 2 atom stereocenters. The Morgan fingerprint density at radius 2 is 1.72 bits per heavy atom. The predicted octanol–water partition coefficient (Wildman–Crippen LogP) is 2.39. The Kier molecular flexibility index (Phi) is 6.72. The number of carbonyl (C=O) groups excluding carboxylic acids is 3. The van der Waals surface area contributed by atoms with Crippen molar-refractivity contribution in [3.05, 3.63) is 24.0 Å². The largest absolute Gasteiger partial charge is 0.486 e. The molecule has 32 heavy (non-hydrogen) atoms. The fourth-order valence-electron chi connectivity index (χ4n) is 2.82. The van der Waals surface area contributed by atoms with Gasteiger partial charge in [0.15, 0.2) is 5.82 Å². The Bertz CT molecular complexity index is 919. The molecule has 178 valence electrons. The summed E-state index contributed by atoms with van der Waals surface area (Å²) in [6, 6.07) is 2.44. The zero-order valence-electron chi connectivity index (χ0n) is 17.4. The predicted molar refractivity (Wildman–Crippen MR) is 99.6 cm³/mol. The van der Waals surface area contributed by atoms with Crippen molar-refractivity contribution in [3.63, 3.8) is 0 Å². The number of fused-ring (bicyclic) bond motifs is 1. The van der Waals surface area contributed by atoms with Gasteiger partial charge in [0.05, 0.1) is 6.54 Å². The number of ether oxygens (including phenoxy) is 1. The van der Waals surface area contributed by atoms with Gasteiger partial charge in [-0.15, -0.1) is 0 Å². The van der Waals surface area contributed by atoms with E-state index in [4.69, 9.17) is 4.74 Å². The zero-order valence-corrected chi connectivity index (χ0v) is 17.4. The van der Waals surface area contributed by atoms with Crippen molar-refractivity contribution in [3.8, 4) is 5.75 Å². The maximum absolute atomic E-state index is 14.2. The normalized spacial score (nSPS) is 19.6. The minimum absolute atomic E-state index is 0.0245. The van der Waals surface area contributed by atoms with Crippen LogP contribution in [-0.4, -0.2) is 55.6 Å². The van der Waals surface area contributed by atoms with Crippen LogP contribution in [0.5, 0.6) is 5.75 Å². The summed E-state index contributed by atoms with van der Waals surface area (Å²) >= 11 is 0. The molecule has 1 aliphatic rings. The number of anilines is 1. The average molecular weight is 469 g/mol. The number of hydrogen-bond acceptors (Lipinski definition) is 4. The molecule has 0 radical (unpaired) electrons. The van der Waals surface area contributed by atoms with E-state index in [2.05, 4.69) is 5.32 Å². The summed E-state index contributed by atoms with van der Waals surface area (Å²) < 4.78 is 82.7. The van der Waals surface area contributed by atoms with Crippen molar-refractivity contribution in [1.82, 2.24) is 10.6 Å². The van der Waals surface area contributed by atoms with Gasteiger partial charge < -0.3 is 20.3 Å². The minimum Gasteiger partial charge on any atom is -0.486 e. The van der Waals surface area contributed by atoms with E-state index in [1.54, 1.807) is 0 Å². The van der Waals surface area contributed by atoms with E-state index in [1.807, 2.05) is 0 Å². The van der Waals surface area contributed by atoms with Crippen LogP contribution in [0, 0.1) is 11.2 Å². The summed E-state index contributed by atoms with van der Waals surface area (Å²) in [4.78, 5) is 38.6. The molecule has 2 unspecified atom stereocenters. The smallest absolute Gasteiger partial charge is 0.455 e. The standard InChI is InChI=1S/C19H21F6N3O4/c1-9-12(14(29)28(4)13-10(20)6-5-7-11(13)32-9)27-16(31)17(2,3)15(30)26-8-18(21,22)19(23,24)25/h5-7,9,12H,8H2,1-4H3,(H,26,30)(H,27,31). The summed E-state index contributed by atoms with van der Waals surface area (Å²) in [7, 11) is 1.24. The second-order valence-corrected chi connectivity index (χ2v) is 7.77. The number of carbonyl (C=O) groups is 3. The monoisotopic (exact) mass is 469 g/mol. The van der Waals surface area contributed by atoms with Crippen LogP contribution in [0.1, 0.15) is 20.8 Å². The highest BCUT2D eigenvalue weighted by atomic mass is 19.4. The molecule has 7 nitrogen and oxygen atoms in total. The van der Waals surface area contributed by atoms with E-state index in [9.17, 15) is 40.7 Å². The molecule has 1 aromatic carbocycles. The van der Waals surface area contributed by atoms with Gasteiger partial charge in [0.2, 0.25) is 11.8 Å². The third-order valence-corrected chi connectivity index (χ3v) is 4.97. The first kappa shape index (κ1) is 25.3. The van der Waals surface area contributed by atoms with Gasteiger partial charge in [-0.2, -0.15) is 22.0 Å². The molecule has 0 spiro atoms. The van der Waals surface area contributed by atoms with Gasteiger partial charge in [0, 0.05) is 7.05 Å². The van der Waals surface area contributed by atoms with Crippen LogP contribution in [0.4, 0.5) is 32.0 Å². The van der Waals surface area contributed by atoms with E-state index in [0.29, 0.717) is 0 Å². The fourth-order valence-corrected chi connectivity index (χ4v) is 2.82. The number of alkyl halides is 5. The molecular weight excluding hydrogens is 448 g/mol. The number of likely N-dealkylation sites (N-methyl/N-ethyl adjacent to an activating group) is 1. The van der Waals surface area contributed by atoms with Crippen LogP contribution in [0.25, 0.3) is 0 Å². The van der Waals surface area contributed by atoms with Crippen molar-refractivity contribution in [1.29, 1.82) is 0 Å². The maximum Gasteiger partial charge on any atom is 0.455 e. The molecule has 0 bridgehead atoms. The van der Waals surface area contributed by atoms with Crippen molar-refractivity contribution < 1.29 is 45.5 Å². The summed E-state index contributed by atoms with van der Waals surface area (Å²) in [5.74, 6) is -9.29. The van der Waals surface area contributed by atoms with E-state index < -0.39 is 59.7 Å². The average Bonchev–Trinajstić information content (AvgIpc) is 2.76. The first-order valence-electron chi connectivity index (χ1n) is 9.27. The Labute approximate surface area is 179 Å². The molecule has 0 aromatic heterocycles. The quantitative estimate of drug-likeness (QED) is 0.512. The lowest BCUT2D eigenvalue weighted by atomic mass is 9.90. The Balaban J connectivity index is 2.17. The van der Waals surface area contributed by atoms with Crippen LogP contribution in [0.15, 0.2) is 18.2 Å². The third-order valence-electron chi connectivity index (χ3n) is 4.97. The van der Waals surface area contributed by atoms with Crippen LogP contribution in [0.3, 0.4) is 0 Å². The molecule has 0 fully saturated rings. The molecule has 0 saturated carbocycles. The van der Waals surface area contributed by atoms with Crippen molar-refractivity contribution in [2.24, 2.45) is 5.41 Å². The fraction of sp³-hybridized carbons (Fsp3) is 0.526. The van der Waals surface area contributed by atoms with Gasteiger partial charge in [-0.1, -0.05) is 6.07 Å². The lowest BCUT2D eigenvalue weighted by Crippen LogP contribution is -2.59. The number of halogens is 6. The number of rotatable bonds is 5. The summed E-state index contributed by atoms with van der Waals surface area (Å²) in [6.45, 7) is 1.29. The van der Waals surface area contributed by atoms with Gasteiger partial charge in [0.25, 0.3) is 5.91 Å². The van der Waals surface area contributed by atoms with E-state index >= 15 is 0 Å². The summed E-state index contributed by atoms with van der Waals surface area (Å²) in [6.07, 6.45) is -6.92. The number of para-hydroxylation sites is 1.